The minimum Gasteiger partial charge on any atom is -0.368 e. The Bertz CT molecular complexity index is 870. The second-order valence-corrected chi connectivity index (χ2v) is 7.83. The number of piperazine rings is 1. The van der Waals surface area contributed by atoms with Crippen molar-refractivity contribution < 1.29 is 18.8 Å². The van der Waals surface area contributed by atoms with Gasteiger partial charge < -0.3 is 24.0 Å². The topological polar surface area (TPSA) is 79.1 Å². The van der Waals surface area contributed by atoms with Crippen molar-refractivity contribution >= 4 is 17.5 Å². The smallest absolute Gasteiger partial charge is 0.253 e. The minimum atomic E-state index is -0.601. The molecule has 8 heteroatoms. The maximum Gasteiger partial charge on any atom is 0.253 e. The summed E-state index contributed by atoms with van der Waals surface area (Å²) in [6, 6.07) is 10.2. The van der Waals surface area contributed by atoms with E-state index >= 15 is 0 Å². The van der Waals surface area contributed by atoms with Crippen molar-refractivity contribution in [3.63, 3.8) is 0 Å². The molecule has 2 aliphatic rings. The molecule has 30 heavy (non-hydrogen) atoms. The van der Waals surface area contributed by atoms with Crippen LogP contribution in [0.5, 0.6) is 0 Å². The molecule has 160 valence electrons. The molecule has 1 atom stereocenters. The second-order valence-electron chi connectivity index (χ2n) is 7.83. The number of carbonyl (C=O) groups excluding carboxylic acids is 2. The van der Waals surface area contributed by atoms with Crippen molar-refractivity contribution in [2.45, 2.75) is 26.4 Å². The van der Waals surface area contributed by atoms with Gasteiger partial charge in [-0.15, -0.1) is 0 Å². The zero-order chi connectivity index (χ0) is 21.1. The van der Waals surface area contributed by atoms with Gasteiger partial charge in [0.15, 0.2) is 6.10 Å². The summed E-state index contributed by atoms with van der Waals surface area (Å²) in [5, 5.41) is 3.91. The van der Waals surface area contributed by atoms with Crippen molar-refractivity contribution in [3.05, 3.63) is 47.3 Å². The van der Waals surface area contributed by atoms with Crippen LogP contribution < -0.4 is 4.90 Å². The number of aryl methyl sites for hydroxylation is 2. The molecule has 0 radical (unpaired) electrons. The van der Waals surface area contributed by atoms with Gasteiger partial charge in [0.25, 0.3) is 5.91 Å². The van der Waals surface area contributed by atoms with E-state index in [1.165, 1.54) is 5.69 Å². The fourth-order valence-corrected chi connectivity index (χ4v) is 4.07. The quantitative estimate of drug-likeness (QED) is 0.756. The van der Waals surface area contributed by atoms with Crippen molar-refractivity contribution in [3.8, 4) is 0 Å². The monoisotopic (exact) mass is 412 g/mol. The molecule has 8 nitrogen and oxygen atoms in total. The molecule has 0 spiro atoms. The van der Waals surface area contributed by atoms with Crippen molar-refractivity contribution in [2.75, 3.05) is 50.8 Å². The van der Waals surface area contributed by atoms with E-state index in [4.69, 9.17) is 9.26 Å². The first-order chi connectivity index (χ1) is 14.5. The molecule has 1 aromatic carbocycles. The highest BCUT2D eigenvalue weighted by atomic mass is 16.5. The summed E-state index contributed by atoms with van der Waals surface area (Å²) in [4.78, 5) is 31.6. The number of ether oxygens (including phenoxy) is 1. The summed E-state index contributed by atoms with van der Waals surface area (Å²) in [6.07, 6.45) is -0.367. The molecule has 2 amide bonds. The molecule has 2 fully saturated rings. The SMILES string of the molecule is Cc1noc(C)c1CC(=O)N1CCO[C@H](C(=O)N2CCN(c3ccccc3)CC2)C1. The minimum absolute atomic E-state index is 0.0283. The van der Waals surface area contributed by atoms with Crippen LogP contribution in [0.1, 0.15) is 17.0 Å². The lowest BCUT2D eigenvalue weighted by atomic mass is 10.1. The zero-order valence-electron chi connectivity index (χ0n) is 17.5. The van der Waals surface area contributed by atoms with E-state index < -0.39 is 6.10 Å². The first-order valence-electron chi connectivity index (χ1n) is 10.4. The number of para-hydroxylation sites is 1. The fraction of sp³-hybridized carbons (Fsp3) is 0.500. The summed E-state index contributed by atoms with van der Waals surface area (Å²) >= 11 is 0. The average Bonchev–Trinajstić information content (AvgIpc) is 3.11. The lowest BCUT2D eigenvalue weighted by Gasteiger charge is -2.39. The van der Waals surface area contributed by atoms with E-state index in [0.29, 0.717) is 38.5 Å². The van der Waals surface area contributed by atoms with Gasteiger partial charge >= 0.3 is 0 Å². The highest BCUT2D eigenvalue weighted by molar-refractivity contribution is 5.84. The molecule has 2 saturated heterocycles. The molecule has 0 N–H and O–H groups in total. The van der Waals surface area contributed by atoms with Gasteiger partial charge in [0, 0.05) is 44.0 Å². The number of nitrogens with zero attached hydrogens (tertiary/aromatic N) is 4. The zero-order valence-corrected chi connectivity index (χ0v) is 17.5. The summed E-state index contributed by atoms with van der Waals surface area (Å²) in [7, 11) is 0. The standard InChI is InChI=1S/C22H28N4O4/c1-16-19(17(2)30-23-16)14-21(27)26-12-13-29-20(15-26)22(28)25-10-8-24(9-11-25)18-6-4-3-5-7-18/h3-7,20H,8-15H2,1-2H3/t20-/m0/s1. The number of rotatable bonds is 4. The summed E-state index contributed by atoms with van der Waals surface area (Å²) in [5.41, 5.74) is 2.74. The highest BCUT2D eigenvalue weighted by Gasteiger charge is 2.34. The first kappa shape index (κ1) is 20.4. The molecule has 0 bridgehead atoms. The third-order valence-electron chi connectivity index (χ3n) is 5.92. The van der Waals surface area contributed by atoms with Crippen molar-refractivity contribution in [1.29, 1.82) is 0 Å². The molecular formula is C22H28N4O4. The number of amides is 2. The Labute approximate surface area is 176 Å². The summed E-state index contributed by atoms with van der Waals surface area (Å²) in [5.74, 6) is 0.606. The number of hydrogen-bond acceptors (Lipinski definition) is 6. The third kappa shape index (κ3) is 4.33. The van der Waals surface area contributed by atoms with Crippen LogP contribution in [-0.4, -0.2) is 78.8 Å². The fourth-order valence-electron chi connectivity index (χ4n) is 4.07. The molecule has 2 aliphatic heterocycles. The highest BCUT2D eigenvalue weighted by Crippen LogP contribution is 2.18. The van der Waals surface area contributed by atoms with E-state index in [9.17, 15) is 9.59 Å². The Balaban J connectivity index is 1.32. The predicted molar refractivity (Wildman–Crippen MR) is 111 cm³/mol. The number of carbonyl (C=O) groups is 2. The molecule has 0 unspecified atom stereocenters. The molecule has 0 aliphatic carbocycles. The lowest BCUT2D eigenvalue weighted by molar-refractivity contribution is -0.154. The Kier molecular flexibility index (Phi) is 6.03. The Morgan fingerprint density at radius 3 is 2.43 bits per heavy atom. The second kappa shape index (κ2) is 8.87. The Morgan fingerprint density at radius 2 is 1.77 bits per heavy atom. The van der Waals surface area contributed by atoms with E-state index in [0.717, 1.165) is 24.3 Å². The number of anilines is 1. The summed E-state index contributed by atoms with van der Waals surface area (Å²) < 4.78 is 10.9. The Morgan fingerprint density at radius 1 is 1.03 bits per heavy atom. The van der Waals surface area contributed by atoms with Gasteiger partial charge in [0.2, 0.25) is 5.91 Å². The van der Waals surface area contributed by atoms with Crippen LogP contribution in [0.15, 0.2) is 34.9 Å². The van der Waals surface area contributed by atoms with Gasteiger partial charge in [-0.05, 0) is 26.0 Å². The molecule has 1 aromatic heterocycles. The number of aromatic nitrogens is 1. The van der Waals surface area contributed by atoms with Crippen LogP contribution in [0, 0.1) is 13.8 Å². The van der Waals surface area contributed by atoms with Gasteiger partial charge in [-0.1, -0.05) is 23.4 Å². The van der Waals surface area contributed by atoms with Gasteiger partial charge in [0.1, 0.15) is 5.76 Å². The van der Waals surface area contributed by atoms with Crippen LogP contribution in [0.4, 0.5) is 5.69 Å². The van der Waals surface area contributed by atoms with Gasteiger partial charge in [-0.3, -0.25) is 9.59 Å². The normalized spacial score (nSPS) is 19.8. The molecule has 4 rings (SSSR count). The van der Waals surface area contributed by atoms with Crippen LogP contribution in [-0.2, 0) is 20.7 Å². The van der Waals surface area contributed by atoms with Crippen molar-refractivity contribution in [1.82, 2.24) is 15.0 Å². The predicted octanol–water partition coefficient (Wildman–Crippen LogP) is 1.41. The van der Waals surface area contributed by atoms with Crippen LogP contribution in [0.25, 0.3) is 0 Å². The van der Waals surface area contributed by atoms with Crippen molar-refractivity contribution in [2.24, 2.45) is 0 Å². The average molecular weight is 412 g/mol. The van der Waals surface area contributed by atoms with Gasteiger partial charge in [-0.2, -0.15) is 0 Å². The van der Waals surface area contributed by atoms with Gasteiger partial charge in [0.05, 0.1) is 25.3 Å². The van der Waals surface area contributed by atoms with E-state index in [-0.39, 0.29) is 18.2 Å². The van der Waals surface area contributed by atoms with E-state index in [1.54, 1.807) is 4.90 Å². The number of benzene rings is 1. The Hall–Kier alpha value is -2.87. The van der Waals surface area contributed by atoms with Gasteiger partial charge in [-0.25, -0.2) is 0 Å². The van der Waals surface area contributed by atoms with Crippen LogP contribution in [0.2, 0.25) is 0 Å². The maximum atomic E-state index is 13.0. The number of morpholine rings is 1. The molecule has 3 heterocycles. The third-order valence-corrected chi connectivity index (χ3v) is 5.92. The molecular weight excluding hydrogens is 384 g/mol. The largest absolute Gasteiger partial charge is 0.368 e. The van der Waals surface area contributed by atoms with Crippen LogP contribution in [0.3, 0.4) is 0 Å². The van der Waals surface area contributed by atoms with E-state index in [1.807, 2.05) is 36.9 Å². The van der Waals surface area contributed by atoms with Crippen LogP contribution >= 0.6 is 0 Å². The molecule has 0 saturated carbocycles. The lowest BCUT2D eigenvalue weighted by Crippen LogP contribution is -2.56. The molecule has 2 aromatic rings. The summed E-state index contributed by atoms with van der Waals surface area (Å²) in [6.45, 7) is 7.68. The first-order valence-corrected chi connectivity index (χ1v) is 10.4. The number of hydrogen-bond donors (Lipinski definition) is 0. The van der Waals surface area contributed by atoms with E-state index in [2.05, 4.69) is 22.2 Å². The maximum absolute atomic E-state index is 13.0.